The number of anilines is 1. The Kier molecular flexibility index (Phi) is 5.70. The van der Waals surface area contributed by atoms with Crippen molar-refractivity contribution < 1.29 is 9.53 Å². The number of nitrogens with one attached hydrogen (secondary N) is 1. The number of hydrogen-bond donors (Lipinski definition) is 1. The topological polar surface area (TPSA) is 38.3 Å². The molecule has 0 fully saturated rings. The summed E-state index contributed by atoms with van der Waals surface area (Å²) in [6, 6.07) is 15.0. The van der Waals surface area contributed by atoms with Crippen LogP contribution in [0.25, 0.3) is 0 Å². The van der Waals surface area contributed by atoms with E-state index in [1.165, 1.54) is 7.11 Å². The van der Waals surface area contributed by atoms with Crippen molar-refractivity contribution in [3.05, 3.63) is 58.6 Å². The molecule has 0 saturated heterocycles. The van der Waals surface area contributed by atoms with E-state index in [-0.39, 0.29) is 5.97 Å². The Labute approximate surface area is 137 Å². The molecule has 0 heterocycles. The number of esters is 1. The van der Waals surface area contributed by atoms with Crippen molar-refractivity contribution >= 4 is 39.3 Å². The molecule has 2 rings (SSSR count). The highest BCUT2D eigenvalue weighted by Crippen LogP contribution is 2.24. The molecule has 1 unspecified atom stereocenters. The number of halogens is 1. The van der Waals surface area contributed by atoms with Gasteiger partial charge in [0.25, 0.3) is 0 Å². The van der Waals surface area contributed by atoms with Gasteiger partial charge in [0.2, 0.25) is 0 Å². The van der Waals surface area contributed by atoms with E-state index in [0.29, 0.717) is 0 Å². The molecule has 0 amide bonds. The molecule has 0 spiro atoms. The Morgan fingerprint density at radius 1 is 1.14 bits per heavy atom. The van der Waals surface area contributed by atoms with Crippen molar-refractivity contribution in [2.24, 2.45) is 0 Å². The maximum atomic E-state index is 12.0. The lowest BCUT2D eigenvalue weighted by Crippen LogP contribution is -2.22. The van der Waals surface area contributed by atoms with Crippen molar-refractivity contribution in [3.8, 4) is 0 Å². The Morgan fingerprint density at radius 3 is 2.29 bits per heavy atom. The molecule has 5 heteroatoms. The van der Waals surface area contributed by atoms with Crippen LogP contribution in [-0.2, 0) is 9.53 Å². The summed E-state index contributed by atoms with van der Waals surface area (Å²) in [6.45, 7) is 0. The number of ether oxygens (including phenoxy) is 1. The van der Waals surface area contributed by atoms with Crippen LogP contribution in [0.3, 0.4) is 0 Å². The molecular weight excluding hydrogens is 350 g/mol. The van der Waals surface area contributed by atoms with Crippen LogP contribution in [0.5, 0.6) is 0 Å². The van der Waals surface area contributed by atoms with Gasteiger partial charge in [-0.3, -0.25) is 0 Å². The SMILES string of the molecule is COC(=O)C(Nc1ccc(Br)cc1)c1ccc(SC)cc1. The second kappa shape index (κ2) is 7.52. The van der Waals surface area contributed by atoms with Crippen molar-refractivity contribution in [2.45, 2.75) is 10.9 Å². The van der Waals surface area contributed by atoms with Crippen LogP contribution in [0.15, 0.2) is 57.9 Å². The summed E-state index contributed by atoms with van der Waals surface area (Å²) in [5.74, 6) is -0.310. The number of thioether (sulfide) groups is 1. The van der Waals surface area contributed by atoms with Gasteiger partial charge in [-0.1, -0.05) is 28.1 Å². The maximum Gasteiger partial charge on any atom is 0.332 e. The maximum absolute atomic E-state index is 12.0. The number of hydrogen-bond acceptors (Lipinski definition) is 4. The largest absolute Gasteiger partial charge is 0.467 e. The highest BCUT2D eigenvalue weighted by Gasteiger charge is 2.21. The quantitative estimate of drug-likeness (QED) is 0.625. The lowest BCUT2D eigenvalue weighted by Gasteiger charge is -2.18. The Balaban J connectivity index is 2.25. The van der Waals surface area contributed by atoms with E-state index >= 15 is 0 Å². The molecule has 0 aromatic heterocycles. The Morgan fingerprint density at radius 2 is 1.76 bits per heavy atom. The number of carbonyl (C=O) groups is 1. The summed E-state index contributed by atoms with van der Waals surface area (Å²) in [7, 11) is 1.40. The average Bonchev–Trinajstić information content (AvgIpc) is 2.54. The molecule has 0 bridgehead atoms. The summed E-state index contributed by atoms with van der Waals surface area (Å²) in [5, 5.41) is 3.21. The minimum absolute atomic E-state index is 0.310. The van der Waals surface area contributed by atoms with E-state index in [0.717, 1.165) is 20.6 Å². The first-order chi connectivity index (χ1) is 10.1. The predicted octanol–water partition coefficient (Wildman–Crippen LogP) is 4.50. The number of carbonyl (C=O) groups excluding carboxylic acids is 1. The third-order valence-corrected chi connectivity index (χ3v) is 4.31. The standard InChI is InChI=1S/C16H16BrNO2S/c1-20-16(19)15(11-3-9-14(21-2)10-4-11)18-13-7-5-12(17)6-8-13/h3-10,15,18H,1-2H3. The summed E-state index contributed by atoms with van der Waals surface area (Å²) in [6.07, 6.45) is 2.02. The first-order valence-electron chi connectivity index (χ1n) is 6.38. The Hall–Kier alpha value is -1.46. The van der Waals surface area contributed by atoms with Crippen LogP contribution in [-0.4, -0.2) is 19.3 Å². The van der Waals surface area contributed by atoms with Crippen LogP contribution >= 0.6 is 27.7 Å². The van der Waals surface area contributed by atoms with Crippen LogP contribution in [0.2, 0.25) is 0 Å². The number of rotatable bonds is 5. The van der Waals surface area contributed by atoms with Gasteiger partial charge in [-0.25, -0.2) is 4.79 Å². The fraction of sp³-hybridized carbons (Fsp3) is 0.188. The van der Waals surface area contributed by atoms with Crippen molar-refractivity contribution in [1.82, 2.24) is 0 Å². The highest BCUT2D eigenvalue weighted by molar-refractivity contribution is 9.10. The second-order valence-electron chi connectivity index (χ2n) is 4.38. The van der Waals surface area contributed by atoms with Gasteiger partial charge in [0.1, 0.15) is 0 Å². The molecule has 2 aromatic carbocycles. The molecule has 0 radical (unpaired) electrons. The summed E-state index contributed by atoms with van der Waals surface area (Å²) in [5.41, 5.74) is 1.74. The van der Waals surface area contributed by atoms with Gasteiger partial charge in [-0.15, -0.1) is 11.8 Å². The first-order valence-corrected chi connectivity index (χ1v) is 8.39. The molecule has 0 aliphatic carbocycles. The summed E-state index contributed by atoms with van der Waals surface area (Å²) < 4.78 is 5.90. The van der Waals surface area contributed by atoms with Gasteiger partial charge < -0.3 is 10.1 Å². The summed E-state index contributed by atoms with van der Waals surface area (Å²) >= 11 is 5.06. The van der Waals surface area contributed by atoms with Crippen LogP contribution in [0.4, 0.5) is 5.69 Å². The zero-order valence-electron chi connectivity index (χ0n) is 11.8. The van der Waals surface area contributed by atoms with E-state index in [1.807, 2.05) is 54.8 Å². The monoisotopic (exact) mass is 365 g/mol. The van der Waals surface area contributed by atoms with Gasteiger partial charge in [-0.05, 0) is 48.2 Å². The third kappa shape index (κ3) is 4.25. The lowest BCUT2D eigenvalue weighted by molar-refractivity contribution is -0.141. The molecule has 21 heavy (non-hydrogen) atoms. The van der Waals surface area contributed by atoms with Crippen molar-refractivity contribution in [2.75, 3.05) is 18.7 Å². The van der Waals surface area contributed by atoms with Crippen LogP contribution in [0.1, 0.15) is 11.6 Å². The normalized spacial score (nSPS) is 11.8. The summed E-state index contributed by atoms with van der Waals surface area (Å²) in [4.78, 5) is 13.2. The minimum atomic E-state index is -0.521. The molecule has 1 N–H and O–H groups in total. The smallest absolute Gasteiger partial charge is 0.332 e. The molecule has 0 aliphatic rings. The zero-order chi connectivity index (χ0) is 15.2. The second-order valence-corrected chi connectivity index (χ2v) is 6.18. The molecule has 1 atom stereocenters. The first kappa shape index (κ1) is 15.9. The average molecular weight is 366 g/mol. The lowest BCUT2D eigenvalue weighted by atomic mass is 10.1. The van der Waals surface area contributed by atoms with Gasteiger partial charge in [0, 0.05) is 15.1 Å². The molecule has 110 valence electrons. The molecule has 0 aliphatic heterocycles. The van der Waals surface area contributed by atoms with Crippen LogP contribution < -0.4 is 5.32 Å². The highest BCUT2D eigenvalue weighted by atomic mass is 79.9. The third-order valence-electron chi connectivity index (χ3n) is 3.04. The number of benzene rings is 2. The minimum Gasteiger partial charge on any atom is -0.467 e. The zero-order valence-corrected chi connectivity index (χ0v) is 14.2. The molecule has 3 nitrogen and oxygen atoms in total. The molecular formula is C16H16BrNO2S. The fourth-order valence-electron chi connectivity index (χ4n) is 1.91. The van der Waals surface area contributed by atoms with E-state index in [1.54, 1.807) is 11.8 Å². The molecule has 2 aromatic rings. The number of methoxy groups -OCH3 is 1. The van der Waals surface area contributed by atoms with E-state index in [4.69, 9.17) is 4.74 Å². The van der Waals surface area contributed by atoms with Crippen molar-refractivity contribution in [1.29, 1.82) is 0 Å². The van der Waals surface area contributed by atoms with Gasteiger partial charge in [-0.2, -0.15) is 0 Å². The van der Waals surface area contributed by atoms with Gasteiger partial charge in [0.05, 0.1) is 7.11 Å². The van der Waals surface area contributed by atoms with Crippen molar-refractivity contribution in [3.63, 3.8) is 0 Å². The predicted molar refractivity (Wildman–Crippen MR) is 90.7 cm³/mol. The van der Waals surface area contributed by atoms with E-state index in [9.17, 15) is 4.79 Å². The Bertz CT molecular complexity index is 599. The van der Waals surface area contributed by atoms with Gasteiger partial charge in [0.15, 0.2) is 6.04 Å². The van der Waals surface area contributed by atoms with E-state index < -0.39 is 6.04 Å². The fourth-order valence-corrected chi connectivity index (χ4v) is 2.58. The van der Waals surface area contributed by atoms with E-state index in [2.05, 4.69) is 21.2 Å². The van der Waals surface area contributed by atoms with Crippen LogP contribution in [0, 0.1) is 0 Å². The van der Waals surface area contributed by atoms with Gasteiger partial charge >= 0.3 is 5.97 Å². The molecule has 0 saturated carbocycles.